The van der Waals surface area contributed by atoms with Gasteiger partial charge in [0, 0.05) is 44.0 Å². The van der Waals surface area contributed by atoms with E-state index in [4.69, 9.17) is 0 Å². The third-order valence-electron chi connectivity index (χ3n) is 6.15. The number of likely N-dealkylation sites (tertiary alicyclic amines) is 2. The SMILES string of the molecule is Cc1cccc(CN2CCC(N3CCC[C@@H](C(=O)NC4CC4)C3)CC2)n1. The van der Waals surface area contributed by atoms with Gasteiger partial charge in [0.25, 0.3) is 0 Å². The van der Waals surface area contributed by atoms with Crippen LogP contribution in [-0.2, 0) is 11.3 Å². The lowest BCUT2D eigenvalue weighted by Crippen LogP contribution is -2.50. The standard InChI is InChI=1S/C21H32N4O/c1-16-4-2-6-19(22-16)15-24-12-9-20(10-13-24)25-11-3-5-17(14-25)21(26)23-18-7-8-18/h2,4,6,17-18,20H,3,5,7-15H2,1H3,(H,23,26)/t17-/m1/s1. The first-order valence-electron chi connectivity index (χ1n) is 10.4. The predicted molar refractivity (Wildman–Crippen MR) is 103 cm³/mol. The van der Waals surface area contributed by atoms with Gasteiger partial charge in [-0.25, -0.2) is 0 Å². The summed E-state index contributed by atoms with van der Waals surface area (Å²) in [6.07, 6.45) is 7.00. The van der Waals surface area contributed by atoms with Crippen LogP contribution in [0.15, 0.2) is 18.2 Å². The van der Waals surface area contributed by atoms with Crippen molar-refractivity contribution in [1.29, 1.82) is 0 Å². The Labute approximate surface area is 157 Å². The molecule has 0 spiro atoms. The number of carbonyl (C=O) groups is 1. The predicted octanol–water partition coefficient (Wildman–Crippen LogP) is 2.35. The van der Waals surface area contributed by atoms with E-state index in [1.165, 1.54) is 31.4 Å². The average Bonchev–Trinajstić information content (AvgIpc) is 3.46. The number of rotatable bonds is 5. The number of hydrogen-bond acceptors (Lipinski definition) is 4. The van der Waals surface area contributed by atoms with Crippen LogP contribution < -0.4 is 5.32 Å². The van der Waals surface area contributed by atoms with Gasteiger partial charge in [-0.15, -0.1) is 0 Å². The Kier molecular flexibility index (Phi) is 5.55. The molecule has 3 aliphatic rings. The summed E-state index contributed by atoms with van der Waals surface area (Å²) in [6.45, 7) is 7.41. The molecule has 3 fully saturated rings. The first-order chi connectivity index (χ1) is 12.7. The van der Waals surface area contributed by atoms with Gasteiger partial charge in [-0.05, 0) is 64.1 Å². The van der Waals surface area contributed by atoms with E-state index in [-0.39, 0.29) is 5.92 Å². The van der Waals surface area contributed by atoms with Gasteiger partial charge in [0.1, 0.15) is 0 Å². The number of piperidine rings is 2. The highest BCUT2D eigenvalue weighted by Gasteiger charge is 2.33. The van der Waals surface area contributed by atoms with E-state index < -0.39 is 0 Å². The Morgan fingerprint density at radius 3 is 2.69 bits per heavy atom. The van der Waals surface area contributed by atoms with Gasteiger partial charge in [-0.3, -0.25) is 19.6 Å². The second-order valence-corrected chi connectivity index (χ2v) is 8.39. The Bertz CT molecular complexity index is 622. The van der Waals surface area contributed by atoms with Gasteiger partial charge in [0.15, 0.2) is 0 Å². The Hall–Kier alpha value is -1.46. The van der Waals surface area contributed by atoms with Crippen LogP contribution in [0.4, 0.5) is 0 Å². The lowest BCUT2D eigenvalue weighted by Gasteiger charge is -2.42. The van der Waals surface area contributed by atoms with E-state index in [0.717, 1.165) is 51.3 Å². The molecule has 0 bridgehead atoms. The van der Waals surface area contributed by atoms with E-state index in [9.17, 15) is 4.79 Å². The lowest BCUT2D eigenvalue weighted by atomic mass is 9.93. The summed E-state index contributed by atoms with van der Waals surface area (Å²) < 4.78 is 0. The largest absolute Gasteiger partial charge is 0.353 e. The first-order valence-corrected chi connectivity index (χ1v) is 10.4. The van der Waals surface area contributed by atoms with Gasteiger partial charge < -0.3 is 5.32 Å². The van der Waals surface area contributed by atoms with Crippen LogP contribution in [-0.4, -0.2) is 59.0 Å². The van der Waals surface area contributed by atoms with Gasteiger partial charge in [-0.1, -0.05) is 6.07 Å². The van der Waals surface area contributed by atoms with Crippen molar-refractivity contribution in [3.05, 3.63) is 29.6 Å². The summed E-state index contributed by atoms with van der Waals surface area (Å²) in [7, 11) is 0. The van der Waals surface area contributed by atoms with Crippen molar-refractivity contribution in [3.8, 4) is 0 Å². The van der Waals surface area contributed by atoms with Crippen LogP contribution >= 0.6 is 0 Å². The highest BCUT2D eigenvalue weighted by atomic mass is 16.2. The van der Waals surface area contributed by atoms with Crippen molar-refractivity contribution in [1.82, 2.24) is 20.1 Å². The van der Waals surface area contributed by atoms with Crippen LogP contribution in [0, 0.1) is 12.8 Å². The summed E-state index contributed by atoms with van der Waals surface area (Å²) >= 11 is 0. The Balaban J connectivity index is 1.25. The lowest BCUT2D eigenvalue weighted by molar-refractivity contribution is -0.127. The number of amides is 1. The molecule has 26 heavy (non-hydrogen) atoms. The van der Waals surface area contributed by atoms with Crippen LogP contribution in [0.5, 0.6) is 0 Å². The molecule has 0 radical (unpaired) electrons. The molecule has 4 rings (SSSR count). The Morgan fingerprint density at radius 1 is 1.15 bits per heavy atom. The monoisotopic (exact) mass is 356 g/mol. The fourth-order valence-electron chi connectivity index (χ4n) is 4.46. The summed E-state index contributed by atoms with van der Waals surface area (Å²) in [5.74, 6) is 0.513. The molecule has 1 atom stereocenters. The van der Waals surface area contributed by atoms with E-state index in [1.807, 2.05) is 0 Å². The molecular formula is C21H32N4O. The summed E-state index contributed by atoms with van der Waals surface area (Å²) in [4.78, 5) is 22.2. The van der Waals surface area contributed by atoms with Crippen molar-refractivity contribution >= 4 is 5.91 Å². The molecule has 1 aromatic heterocycles. The van der Waals surface area contributed by atoms with Crippen molar-refractivity contribution < 1.29 is 4.79 Å². The Morgan fingerprint density at radius 2 is 1.96 bits per heavy atom. The van der Waals surface area contributed by atoms with Crippen LogP contribution in [0.2, 0.25) is 0 Å². The average molecular weight is 357 g/mol. The minimum absolute atomic E-state index is 0.207. The van der Waals surface area contributed by atoms with E-state index >= 15 is 0 Å². The maximum atomic E-state index is 12.4. The van der Waals surface area contributed by atoms with Gasteiger partial charge in [0.2, 0.25) is 5.91 Å². The number of aromatic nitrogens is 1. The molecule has 1 aliphatic carbocycles. The van der Waals surface area contributed by atoms with E-state index in [1.54, 1.807) is 0 Å². The highest BCUT2D eigenvalue weighted by Crippen LogP contribution is 2.26. The molecule has 142 valence electrons. The van der Waals surface area contributed by atoms with Crippen molar-refractivity contribution in [2.24, 2.45) is 5.92 Å². The highest BCUT2D eigenvalue weighted by molar-refractivity contribution is 5.79. The van der Waals surface area contributed by atoms with Crippen LogP contribution in [0.25, 0.3) is 0 Å². The molecule has 0 aromatic carbocycles. The maximum absolute atomic E-state index is 12.4. The second-order valence-electron chi connectivity index (χ2n) is 8.39. The first kappa shape index (κ1) is 17.9. The van der Waals surface area contributed by atoms with Gasteiger partial charge >= 0.3 is 0 Å². The van der Waals surface area contributed by atoms with Gasteiger partial charge in [0.05, 0.1) is 11.6 Å². The van der Waals surface area contributed by atoms with Crippen molar-refractivity contribution in [2.75, 3.05) is 26.2 Å². The number of nitrogens with zero attached hydrogens (tertiary/aromatic N) is 3. The van der Waals surface area contributed by atoms with Gasteiger partial charge in [-0.2, -0.15) is 0 Å². The third kappa shape index (κ3) is 4.63. The van der Waals surface area contributed by atoms with Crippen molar-refractivity contribution in [2.45, 2.75) is 64.1 Å². The molecule has 2 aliphatic heterocycles. The number of hydrogen-bond donors (Lipinski definition) is 1. The molecule has 1 aromatic rings. The molecule has 5 heteroatoms. The minimum atomic E-state index is 0.207. The molecule has 5 nitrogen and oxygen atoms in total. The zero-order valence-corrected chi connectivity index (χ0v) is 16.0. The van der Waals surface area contributed by atoms with Crippen molar-refractivity contribution in [3.63, 3.8) is 0 Å². The summed E-state index contributed by atoms with van der Waals surface area (Å²) in [6, 6.07) is 7.42. The second kappa shape index (κ2) is 8.05. The smallest absolute Gasteiger partial charge is 0.224 e. The van der Waals surface area contributed by atoms with Crippen LogP contribution in [0.1, 0.15) is 49.9 Å². The summed E-state index contributed by atoms with van der Waals surface area (Å²) in [5.41, 5.74) is 2.28. The molecule has 1 saturated carbocycles. The number of nitrogens with one attached hydrogen (secondary N) is 1. The molecule has 0 unspecified atom stereocenters. The maximum Gasteiger partial charge on any atom is 0.224 e. The third-order valence-corrected chi connectivity index (χ3v) is 6.15. The van der Waals surface area contributed by atoms with E-state index in [2.05, 4.69) is 45.2 Å². The van der Waals surface area contributed by atoms with Crippen LogP contribution in [0.3, 0.4) is 0 Å². The quantitative estimate of drug-likeness (QED) is 0.880. The molecular weight excluding hydrogens is 324 g/mol. The zero-order chi connectivity index (χ0) is 17.9. The topological polar surface area (TPSA) is 48.5 Å². The normalized spacial score (nSPS) is 26.0. The van der Waals surface area contributed by atoms with E-state index in [0.29, 0.717) is 18.0 Å². The zero-order valence-electron chi connectivity index (χ0n) is 16.0. The number of carbonyl (C=O) groups excluding carboxylic acids is 1. The molecule has 1 N–H and O–H groups in total. The fraction of sp³-hybridized carbons (Fsp3) is 0.714. The fourth-order valence-corrected chi connectivity index (χ4v) is 4.46. The minimum Gasteiger partial charge on any atom is -0.353 e. The molecule has 2 saturated heterocycles. The molecule has 3 heterocycles. The summed E-state index contributed by atoms with van der Waals surface area (Å²) in [5, 5.41) is 3.21. The number of aryl methyl sites for hydroxylation is 1. The molecule has 1 amide bonds. The number of pyridine rings is 1.